The second-order valence-corrected chi connectivity index (χ2v) is 23.3. The maximum atomic E-state index is 13.7. The Labute approximate surface area is 474 Å². The molecule has 79 heavy (non-hydrogen) atoms. The van der Waals surface area contributed by atoms with Crippen LogP contribution in [0.15, 0.2) is 59.4 Å². The van der Waals surface area contributed by atoms with Crippen molar-refractivity contribution in [3.8, 4) is 5.75 Å². The fraction of sp³-hybridized carbons (Fsp3) is 0.588. The van der Waals surface area contributed by atoms with E-state index in [9.17, 15) is 80.0 Å². The van der Waals surface area contributed by atoms with Crippen molar-refractivity contribution in [1.82, 2.24) is 20.4 Å². The molecule has 0 bridgehead atoms. The maximum Gasteiger partial charge on any atom is 0.269 e. The number of hydrogen-bond donors (Lipinski definition) is 13. The van der Waals surface area contributed by atoms with Crippen LogP contribution in [0, 0.1) is 27.9 Å². The normalized spacial score (nSPS) is 31.1. The van der Waals surface area contributed by atoms with E-state index >= 15 is 0 Å². The number of carbonyl (C=O) groups excluding carboxylic acids is 5. The molecule has 3 amide bonds. The molecule has 14 N–H and O–H groups in total. The first kappa shape index (κ1) is 65.1. The number of carbonyl (C=O) groups is 5. The van der Waals surface area contributed by atoms with E-state index in [1.165, 1.54) is 80.1 Å². The number of nitro benzene ring substituents is 1. The number of primary amides is 1. The average Bonchev–Trinajstić information content (AvgIpc) is 3.80. The number of halogens is 3. The minimum atomic E-state index is -2.75. The predicted molar refractivity (Wildman–Crippen MR) is 290 cm³/mol. The largest absolute Gasteiger partial charge is 0.508 e. The number of alkyl halides is 3. The number of ketones is 2. The van der Waals surface area contributed by atoms with Crippen LogP contribution in [-0.4, -0.2) is 205 Å². The van der Waals surface area contributed by atoms with Crippen molar-refractivity contribution in [3.63, 3.8) is 0 Å². The van der Waals surface area contributed by atoms with Gasteiger partial charge in [-0.2, -0.15) is 0 Å². The highest BCUT2D eigenvalue weighted by molar-refractivity contribution is 7.99. The molecule has 7 rings (SSSR count). The number of phenolic OH excluding ortho intramolecular Hbond substituents is 1. The van der Waals surface area contributed by atoms with Crippen LogP contribution in [0.3, 0.4) is 0 Å². The molecule has 28 heteroatoms. The molecule has 438 valence electrons. The third kappa shape index (κ3) is 13.2. The van der Waals surface area contributed by atoms with Crippen molar-refractivity contribution in [2.75, 3.05) is 40.6 Å². The third-order valence-electron chi connectivity index (χ3n) is 15.2. The molecular formula is C51H69Cl3N6O18S. The number of fused-ring (bicyclic) bond motifs is 3. The summed E-state index contributed by atoms with van der Waals surface area (Å²) in [4.78, 5) is 74.9. The van der Waals surface area contributed by atoms with E-state index in [2.05, 4.69) is 17.6 Å². The SMILES string of the molecule is CCC[C@@H]1C[C@@H](C(=O)NC(C(C)Cl)[C@H]2O[C@H](SC)[C@H](O)[C@@H](O)[C@H]2O)N(C)C1.CN(C)[C@@H]1C(=O)C(C(N)=O)=C(O)[C@@]2(O)C(=O)C3=C(O)c4c(O)cccc4[C@@](C)(O)[C@H]3C[C@@H]12.O=C(N[C@H](CO)[C@H](O)c1ccc([N+](=O)[O-])cc1)C(Cl)Cl. The number of non-ortho nitro benzene ring substituents is 1. The van der Waals surface area contributed by atoms with Crippen molar-refractivity contribution in [2.45, 2.75) is 128 Å². The van der Waals surface area contributed by atoms with E-state index in [1.54, 1.807) is 13.2 Å². The quantitative estimate of drug-likeness (QED) is 0.0510. The molecular weight excluding hydrogens is 1120 g/mol. The number of aliphatic hydroxyl groups is 9. The van der Waals surface area contributed by atoms with Crippen molar-refractivity contribution in [2.24, 2.45) is 23.5 Å². The summed E-state index contributed by atoms with van der Waals surface area (Å²) in [7, 11) is 4.95. The lowest BCUT2D eigenvalue weighted by molar-refractivity contribution is -0.384. The first-order valence-electron chi connectivity index (χ1n) is 25.0. The van der Waals surface area contributed by atoms with E-state index in [4.69, 9.17) is 50.4 Å². The lowest BCUT2D eigenvalue weighted by Crippen LogP contribution is -2.67. The van der Waals surface area contributed by atoms with Gasteiger partial charge in [0.1, 0.15) is 58.8 Å². The number of nitrogens with one attached hydrogen (secondary N) is 2. The number of nitro groups is 1. The predicted octanol–water partition coefficient (Wildman–Crippen LogP) is 0.928. The molecule has 3 aliphatic carbocycles. The van der Waals surface area contributed by atoms with Crippen molar-refractivity contribution in [3.05, 3.63) is 86.2 Å². The zero-order valence-corrected chi connectivity index (χ0v) is 47.2. The van der Waals surface area contributed by atoms with Gasteiger partial charge in [-0.05, 0) is 95.8 Å². The van der Waals surface area contributed by atoms with Crippen LogP contribution in [0.5, 0.6) is 5.75 Å². The summed E-state index contributed by atoms with van der Waals surface area (Å²) in [6.07, 6.45) is -1.55. The molecule has 2 unspecified atom stereocenters. The van der Waals surface area contributed by atoms with E-state index in [0.717, 1.165) is 25.8 Å². The van der Waals surface area contributed by atoms with Crippen LogP contribution in [0.1, 0.15) is 69.2 Å². The molecule has 0 spiro atoms. The molecule has 24 nitrogen and oxygen atoms in total. The summed E-state index contributed by atoms with van der Waals surface area (Å²) in [5.41, 5.74) is -1.08. The van der Waals surface area contributed by atoms with Crippen LogP contribution in [0.4, 0.5) is 5.69 Å². The number of nitrogens with two attached hydrogens (primary N) is 1. The topological polar surface area (TPSA) is 397 Å². The Morgan fingerprint density at radius 3 is 2.14 bits per heavy atom. The molecule has 3 fully saturated rings. The fourth-order valence-corrected chi connectivity index (χ4v) is 12.1. The van der Waals surface area contributed by atoms with Gasteiger partial charge in [0.2, 0.25) is 11.7 Å². The summed E-state index contributed by atoms with van der Waals surface area (Å²) in [5.74, 6) is -8.30. The number of likely N-dealkylation sites (tertiary alicyclic amines) is 1. The lowest BCUT2D eigenvalue weighted by atomic mass is 9.54. The number of aliphatic hydroxyl groups excluding tert-OH is 7. The van der Waals surface area contributed by atoms with Crippen LogP contribution in [0.2, 0.25) is 0 Å². The molecule has 16 atom stereocenters. The van der Waals surface area contributed by atoms with Gasteiger partial charge in [-0.25, -0.2) is 0 Å². The van der Waals surface area contributed by atoms with Crippen molar-refractivity contribution in [1.29, 1.82) is 0 Å². The number of nitrogens with zero attached hydrogens (tertiary/aromatic N) is 3. The molecule has 0 aromatic heterocycles. The molecule has 2 aromatic rings. The van der Waals surface area contributed by atoms with Gasteiger partial charge in [0.15, 0.2) is 16.2 Å². The zero-order valence-electron chi connectivity index (χ0n) is 44.1. The Morgan fingerprint density at radius 2 is 1.62 bits per heavy atom. The maximum absolute atomic E-state index is 13.7. The minimum Gasteiger partial charge on any atom is -0.508 e. The van der Waals surface area contributed by atoms with Gasteiger partial charge in [0.05, 0.1) is 52.2 Å². The minimum absolute atomic E-state index is 0.132. The van der Waals surface area contributed by atoms with E-state index in [0.29, 0.717) is 11.5 Å². The third-order valence-corrected chi connectivity index (χ3v) is 16.7. The number of aromatic hydroxyl groups is 1. The molecule has 2 aromatic carbocycles. The Kier molecular flexibility index (Phi) is 21.8. The monoisotopic (exact) mass is 1190 g/mol. The first-order valence-corrected chi connectivity index (χ1v) is 27.6. The van der Waals surface area contributed by atoms with Gasteiger partial charge in [-0.15, -0.1) is 23.4 Å². The van der Waals surface area contributed by atoms with E-state index in [1.807, 2.05) is 11.9 Å². The number of benzene rings is 2. The smallest absolute Gasteiger partial charge is 0.269 e. The number of likely N-dealkylation sites (N-methyl/N-ethyl adjacent to an activating group) is 2. The van der Waals surface area contributed by atoms with Crippen molar-refractivity contribution < 1.29 is 84.7 Å². The highest BCUT2D eigenvalue weighted by Gasteiger charge is 2.66. The highest BCUT2D eigenvalue weighted by Crippen LogP contribution is 2.57. The Morgan fingerprint density at radius 1 is 1.00 bits per heavy atom. The average molecular weight is 1190 g/mol. The summed E-state index contributed by atoms with van der Waals surface area (Å²) in [6.45, 7) is 5.59. The number of Topliss-reactive ketones (excluding diaryl/α,β-unsaturated/α-hetero) is 2. The fourth-order valence-electron chi connectivity index (χ4n) is 11.1. The Bertz CT molecular complexity index is 2660. The Hall–Kier alpha value is -4.71. The molecule has 2 heterocycles. The second kappa shape index (κ2) is 26.5. The lowest BCUT2D eigenvalue weighted by Gasteiger charge is -2.53. The highest BCUT2D eigenvalue weighted by atomic mass is 35.5. The zero-order chi connectivity index (χ0) is 59.5. The summed E-state index contributed by atoms with van der Waals surface area (Å²) < 4.78 is 5.79. The second-order valence-electron chi connectivity index (χ2n) is 20.6. The van der Waals surface area contributed by atoms with Gasteiger partial charge in [0, 0.05) is 36.1 Å². The number of thioether (sulfide) groups is 1. The summed E-state index contributed by atoms with van der Waals surface area (Å²) >= 11 is 18.2. The van der Waals surface area contributed by atoms with Gasteiger partial charge >= 0.3 is 0 Å². The van der Waals surface area contributed by atoms with E-state index < -0.39 is 151 Å². The number of amides is 3. The van der Waals surface area contributed by atoms with Crippen LogP contribution in [-0.2, 0) is 34.3 Å². The number of phenols is 1. The molecule has 2 saturated heterocycles. The van der Waals surface area contributed by atoms with Crippen LogP contribution in [0.25, 0.3) is 5.76 Å². The molecule has 2 aliphatic heterocycles. The van der Waals surface area contributed by atoms with Gasteiger partial charge < -0.3 is 72.2 Å². The number of hydrogen-bond acceptors (Lipinski definition) is 21. The summed E-state index contributed by atoms with van der Waals surface area (Å²) in [6, 6.07) is 6.14. The van der Waals surface area contributed by atoms with Gasteiger partial charge in [0.25, 0.3) is 17.5 Å². The standard InChI is InChI=1S/C22H24N2O8.C18H33ClN2O5S.C11H12Cl2N2O5/c1-21(31)8-5-4-6-11(25)12(8)16(26)13-9(21)7-10-15(24(2)3)17(27)14(20(23)30)19(29)22(10,32)18(13)28;1-5-6-10-7-11(21(3)8-10)17(25)20-12(9(2)19)16-14(23)13(22)15(24)18(26-16)27-4;12-10(13)11(18)14-8(5-16)9(17)6-1-3-7(4-2-6)15(19)20/h4-6,9-10,15,25-26,29,31-32H,7H2,1-3H3,(H2,23,30);9-16,18,22-24H,5-8H2,1-4H3,(H,20,25);1-4,8-10,16-17H,5H2,(H,14,18)/t9-,10-,15-,21+,22-;9?,10-,11+,12?,13+,14-,15-,16-,18-;8-,9-/m011/s1. The van der Waals surface area contributed by atoms with Crippen LogP contribution >= 0.6 is 46.6 Å². The van der Waals surface area contributed by atoms with Gasteiger partial charge in [-0.3, -0.25) is 43.9 Å². The first-order chi connectivity index (χ1) is 36.8. The van der Waals surface area contributed by atoms with Crippen LogP contribution < -0.4 is 16.4 Å². The van der Waals surface area contributed by atoms with E-state index in [-0.39, 0.29) is 35.2 Å². The van der Waals surface area contributed by atoms with Crippen molar-refractivity contribution >= 4 is 87.3 Å². The van der Waals surface area contributed by atoms with Gasteiger partial charge in [-0.1, -0.05) is 48.7 Å². The molecule has 5 aliphatic rings. The number of rotatable bonds is 15. The number of ether oxygens (including phenoxy) is 1. The molecule has 0 radical (unpaired) electrons. The Balaban J connectivity index is 0.000000224. The molecule has 1 saturated carbocycles. The summed E-state index contributed by atoms with van der Waals surface area (Å²) in [5, 5.41) is 120.